The van der Waals surface area contributed by atoms with Crippen molar-refractivity contribution in [2.45, 2.75) is 23.1 Å². The molecule has 0 spiro atoms. The summed E-state index contributed by atoms with van der Waals surface area (Å²) in [5, 5.41) is 3.79. The third-order valence-corrected chi connectivity index (χ3v) is 8.61. The molecule has 0 atom stereocenters. The summed E-state index contributed by atoms with van der Waals surface area (Å²) in [4.78, 5) is 13.1. The number of benzene rings is 3. The largest absolute Gasteiger partial charge is 0.396 e. The van der Waals surface area contributed by atoms with Gasteiger partial charge in [-0.05, 0) is 66.6 Å². The van der Waals surface area contributed by atoms with Gasteiger partial charge in [0.05, 0.1) is 10.6 Å². The second kappa shape index (κ2) is 9.58. The third kappa shape index (κ3) is 4.57. The second-order valence-electron chi connectivity index (χ2n) is 7.43. The molecule has 1 heterocycles. The molecule has 3 aromatic carbocycles. The normalized spacial score (nSPS) is 11.4. The monoisotopic (exact) mass is 514 g/mol. The minimum Gasteiger partial charge on any atom is -0.396 e. The average molecular weight is 515 g/mol. The smallest absolute Gasteiger partial charge is 0.211 e. The zero-order valence-electron chi connectivity index (χ0n) is 18.0. The molecule has 0 fully saturated rings. The van der Waals surface area contributed by atoms with Crippen molar-refractivity contribution in [3.05, 3.63) is 99.6 Å². The molecule has 0 amide bonds. The van der Waals surface area contributed by atoms with Crippen LogP contribution >= 0.6 is 22.9 Å². The molecule has 34 heavy (non-hydrogen) atoms. The fraction of sp³-hybridized carbons (Fsp3) is 0.0800. The van der Waals surface area contributed by atoms with Gasteiger partial charge in [-0.1, -0.05) is 36.7 Å². The van der Waals surface area contributed by atoms with E-state index >= 15 is 0 Å². The Bertz CT molecular complexity index is 1470. The van der Waals surface area contributed by atoms with Crippen LogP contribution in [0, 0.1) is 5.82 Å². The van der Waals surface area contributed by atoms with Crippen molar-refractivity contribution in [2.75, 3.05) is 11.1 Å². The van der Waals surface area contributed by atoms with Crippen LogP contribution in [0.4, 0.5) is 20.8 Å². The number of ketones is 1. The number of thiophene rings is 1. The SMILES string of the molecule is CCc1ccccc1Nc1sc(C(=O)c2ccc(F)cc2)c(N)c1S(=O)(=O)c1ccc(Cl)cc1. The van der Waals surface area contributed by atoms with Crippen molar-refractivity contribution < 1.29 is 17.6 Å². The lowest BCUT2D eigenvalue weighted by Crippen LogP contribution is -2.08. The number of carbonyl (C=O) groups is 1. The van der Waals surface area contributed by atoms with Crippen LogP contribution in [0.5, 0.6) is 0 Å². The standard InChI is InChI=1S/C25H20ClFN2O3S2/c1-2-15-5-3-4-6-20(15)29-25-24(34(31,32)19-13-9-17(26)10-14-19)21(28)23(33-25)22(30)16-7-11-18(27)12-8-16/h3-14,29H,2,28H2,1H3. The van der Waals surface area contributed by atoms with Gasteiger partial charge < -0.3 is 11.1 Å². The van der Waals surface area contributed by atoms with E-state index in [0.717, 1.165) is 16.9 Å². The zero-order chi connectivity index (χ0) is 24.5. The summed E-state index contributed by atoms with van der Waals surface area (Å²) in [5.41, 5.74) is 8.03. The Morgan fingerprint density at radius 2 is 1.68 bits per heavy atom. The molecule has 0 bridgehead atoms. The van der Waals surface area contributed by atoms with E-state index in [1.165, 1.54) is 48.5 Å². The first-order valence-electron chi connectivity index (χ1n) is 10.3. The van der Waals surface area contributed by atoms with Gasteiger partial charge in [0.15, 0.2) is 0 Å². The van der Waals surface area contributed by atoms with E-state index in [-0.39, 0.29) is 30.9 Å². The summed E-state index contributed by atoms with van der Waals surface area (Å²) in [7, 11) is -4.11. The van der Waals surface area contributed by atoms with Crippen molar-refractivity contribution >= 4 is 54.9 Å². The number of halogens is 2. The first kappa shape index (κ1) is 23.9. The van der Waals surface area contributed by atoms with Gasteiger partial charge in [0.1, 0.15) is 20.6 Å². The van der Waals surface area contributed by atoms with Crippen LogP contribution in [0.2, 0.25) is 5.02 Å². The summed E-state index contributed by atoms with van der Waals surface area (Å²) in [6.45, 7) is 1.98. The van der Waals surface area contributed by atoms with E-state index in [1.807, 2.05) is 31.2 Å². The summed E-state index contributed by atoms with van der Waals surface area (Å²) >= 11 is 6.88. The lowest BCUT2D eigenvalue weighted by molar-refractivity contribution is 0.104. The summed E-state index contributed by atoms with van der Waals surface area (Å²) in [5.74, 6) is -0.980. The van der Waals surface area contributed by atoms with Crippen LogP contribution in [0.25, 0.3) is 0 Å². The molecule has 9 heteroatoms. The molecule has 0 saturated heterocycles. The molecule has 0 radical (unpaired) electrons. The Morgan fingerprint density at radius 1 is 1.03 bits per heavy atom. The van der Waals surface area contributed by atoms with Crippen LogP contribution < -0.4 is 11.1 Å². The van der Waals surface area contributed by atoms with Gasteiger partial charge in [-0.25, -0.2) is 12.8 Å². The highest BCUT2D eigenvalue weighted by atomic mass is 35.5. The maximum absolute atomic E-state index is 13.6. The van der Waals surface area contributed by atoms with Crippen LogP contribution in [-0.4, -0.2) is 14.2 Å². The lowest BCUT2D eigenvalue weighted by atomic mass is 10.1. The number of nitrogens with one attached hydrogen (secondary N) is 1. The van der Waals surface area contributed by atoms with Crippen molar-refractivity contribution in [3.8, 4) is 0 Å². The first-order chi connectivity index (χ1) is 16.2. The summed E-state index contributed by atoms with van der Waals surface area (Å²) in [6.07, 6.45) is 0.713. The molecular formula is C25H20ClFN2O3S2. The van der Waals surface area contributed by atoms with Gasteiger partial charge in [-0.2, -0.15) is 0 Å². The van der Waals surface area contributed by atoms with Crippen molar-refractivity contribution in [1.82, 2.24) is 0 Å². The third-order valence-electron chi connectivity index (χ3n) is 5.25. The number of anilines is 3. The zero-order valence-corrected chi connectivity index (χ0v) is 20.4. The molecule has 0 aliphatic rings. The Hall–Kier alpha value is -3.20. The Labute approximate surface area is 205 Å². The average Bonchev–Trinajstić information content (AvgIpc) is 3.16. The summed E-state index contributed by atoms with van der Waals surface area (Å²) < 4.78 is 40.6. The van der Waals surface area contributed by atoms with Gasteiger partial charge in [0, 0.05) is 16.3 Å². The number of aryl methyl sites for hydroxylation is 1. The van der Waals surface area contributed by atoms with Crippen molar-refractivity contribution in [3.63, 3.8) is 0 Å². The number of nitrogens with two attached hydrogens (primary N) is 1. The number of nitrogen functional groups attached to an aromatic ring is 1. The highest BCUT2D eigenvalue weighted by Gasteiger charge is 2.32. The van der Waals surface area contributed by atoms with Gasteiger partial charge in [-0.15, -0.1) is 11.3 Å². The van der Waals surface area contributed by atoms with Crippen molar-refractivity contribution in [1.29, 1.82) is 0 Å². The van der Waals surface area contributed by atoms with E-state index in [9.17, 15) is 17.6 Å². The minimum atomic E-state index is -4.11. The Kier molecular flexibility index (Phi) is 6.74. The minimum absolute atomic E-state index is 0.00555. The molecule has 0 aliphatic heterocycles. The van der Waals surface area contributed by atoms with Crippen LogP contribution in [0.1, 0.15) is 27.7 Å². The van der Waals surface area contributed by atoms with Crippen LogP contribution in [0.3, 0.4) is 0 Å². The second-order valence-corrected chi connectivity index (χ2v) is 10.8. The van der Waals surface area contributed by atoms with Gasteiger partial charge in [0.25, 0.3) is 0 Å². The van der Waals surface area contributed by atoms with E-state index in [4.69, 9.17) is 17.3 Å². The molecule has 0 saturated carbocycles. The maximum atomic E-state index is 13.6. The van der Waals surface area contributed by atoms with E-state index < -0.39 is 21.4 Å². The molecule has 5 nitrogen and oxygen atoms in total. The highest BCUT2D eigenvalue weighted by molar-refractivity contribution is 7.92. The summed E-state index contributed by atoms with van der Waals surface area (Å²) in [6, 6.07) is 18.2. The topological polar surface area (TPSA) is 89.3 Å². The molecule has 3 N–H and O–H groups in total. The fourth-order valence-electron chi connectivity index (χ4n) is 3.48. The number of hydrogen-bond acceptors (Lipinski definition) is 6. The molecular weight excluding hydrogens is 495 g/mol. The number of carbonyl (C=O) groups excluding carboxylic acids is 1. The molecule has 0 unspecified atom stereocenters. The fourth-order valence-corrected chi connectivity index (χ4v) is 6.54. The Balaban J connectivity index is 1.90. The highest BCUT2D eigenvalue weighted by Crippen LogP contribution is 2.44. The van der Waals surface area contributed by atoms with Crippen LogP contribution in [-0.2, 0) is 16.3 Å². The maximum Gasteiger partial charge on any atom is 0.211 e. The van der Waals surface area contributed by atoms with E-state index in [2.05, 4.69) is 5.32 Å². The van der Waals surface area contributed by atoms with Gasteiger partial charge in [0.2, 0.25) is 15.6 Å². The predicted octanol–water partition coefficient (Wildman–Crippen LogP) is 6.49. The van der Waals surface area contributed by atoms with Gasteiger partial charge in [-0.3, -0.25) is 4.79 Å². The number of rotatable bonds is 7. The number of sulfone groups is 1. The number of para-hydroxylation sites is 1. The molecule has 4 rings (SSSR count). The molecule has 174 valence electrons. The van der Waals surface area contributed by atoms with Crippen LogP contribution in [0.15, 0.2) is 82.6 Å². The predicted molar refractivity (Wildman–Crippen MR) is 135 cm³/mol. The van der Waals surface area contributed by atoms with E-state index in [0.29, 0.717) is 17.1 Å². The Morgan fingerprint density at radius 3 is 2.32 bits per heavy atom. The molecule has 0 aliphatic carbocycles. The van der Waals surface area contributed by atoms with Gasteiger partial charge >= 0.3 is 0 Å². The first-order valence-corrected chi connectivity index (χ1v) is 13.0. The van der Waals surface area contributed by atoms with Crippen molar-refractivity contribution in [2.24, 2.45) is 0 Å². The molecule has 1 aromatic heterocycles. The molecule has 4 aromatic rings. The number of hydrogen-bond donors (Lipinski definition) is 2. The lowest BCUT2D eigenvalue weighted by Gasteiger charge is -2.12. The van der Waals surface area contributed by atoms with E-state index in [1.54, 1.807) is 0 Å². The quantitative estimate of drug-likeness (QED) is 0.275.